The van der Waals surface area contributed by atoms with Gasteiger partial charge in [-0.15, -0.1) is 0 Å². The number of ether oxygens (including phenoxy) is 2. The number of carbonyl (C=O) groups excluding carboxylic acids is 1. The number of hydrogen-bond acceptors (Lipinski definition) is 8. The summed E-state index contributed by atoms with van der Waals surface area (Å²) in [6.07, 6.45) is 19.4. The lowest BCUT2D eigenvalue weighted by Gasteiger charge is -2.40. The van der Waals surface area contributed by atoms with Gasteiger partial charge >= 0.3 is 0 Å². The molecule has 252 valence electrons. The van der Waals surface area contributed by atoms with Gasteiger partial charge in [-0.05, 0) is 38.5 Å². The van der Waals surface area contributed by atoms with Crippen LogP contribution >= 0.6 is 0 Å². The van der Waals surface area contributed by atoms with Crippen LogP contribution in [0.15, 0.2) is 24.3 Å². The van der Waals surface area contributed by atoms with Crippen LogP contribution in [0.5, 0.6) is 0 Å². The first-order valence-corrected chi connectivity index (χ1v) is 17.1. The standard InChI is InChI=1S/C34H63NO8/c1-3-5-7-9-11-13-15-17-19-21-23-28(37)27(26-42-34-33(41)32(40)31(39)29(25-36)43-34)35-30(38)24-22-20-18-16-14-12-10-8-6-4-2/h8,10,21,23,27-29,31-34,36-37,39-41H,3-7,9,11-20,22,24-26H2,1-2H3,(H,35,38)/b10-8-,23-21+. The van der Waals surface area contributed by atoms with Gasteiger partial charge in [-0.2, -0.15) is 0 Å². The summed E-state index contributed by atoms with van der Waals surface area (Å²) in [5, 5.41) is 53.6. The molecule has 0 bridgehead atoms. The maximum atomic E-state index is 12.7. The van der Waals surface area contributed by atoms with Gasteiger partial charge in [-0.1, -0.05) is 109 Å². The second kappa shape index (κ2) is 25.9. The molecule has 1 fully saturated rings. The fourth-order valence-corrected chi connectivity index (χ4v) is 5.15. The van der Waals surface area contributed by atoms with Crippen LogP contribution in [0.3, 0.4) is 0 Å². The predicted octanol–water partition coefficient (Wildman–Crippen LogP) is 4.82. The normalized spacial score (nSPS) is 24.1. The molecule has 7 unspecified atom stereocenters. The molecule has 1 aliphatic heterocycles. The van der Waals surface area contributed by atoms with Crippen LogP contribution in [0.1, 0.15) is 129 Å². The van der Waals surface area contributed by atoms with E-state index in [4.69, 9.17) is 9.47 Å². The summed E-state index contributed by atoms with van der Waals surface area (Å²) in [5.74, 6) is -0.194. The minimum absolute atomic E-state index is 0.191. The van der Waals surface area contributed by atoms with E-state index in [2.05, 4.69) is 31.3 Å². The molecular formula is C34H63NO8. The summed E-state index contributed by atoms with van der Waals surface area (Å²) in [7, 11) is 0. The summed E-state index contributed by atoms with van der Waals surface area (Å²) in [6, 6.07) is -0.801. The van der Waals surface area contributed by atoms with Crippen molar-refractivity contribution in [3.8, 4) is 0 Å². The molecular weight excluding hydrogens is 550 g/mol. The smallest absolute Gasteiger partial charge is 0.220 e. The molecule has 6 N–H and O–H groups in total. The van der Waals surface area contributed by atoms with E-state index in [1.54, 1.807) is 6.08 Å². The number of rotatable bonds is 26. The number of aliphatic hydroxyl groups excluding tert-OH is 5. The Balaban J connectivity index is 2.54. The summed E-state index contributed by atoms with van der Waals surface area (Å²) >= 11 is 0. The van der Waals surface area contributed by atoms with Gasteiger partial charge in [0.15, 0.2) is 6.29 Å². The Morgan fingerprint density at radius 2 is 1.35 bits per heavy atom. The zero-order chi connectivity index (χ0) is 31.7. The number of nitrogens with one attached hydrogen (secondary N) is 1. The van der Waals surface area contributed by atoms with Crippen molar-refractivity contribution in [2.75, 3.05) is 13.2 Å². The van der Waals surface area contributed by atoms with E-state index in [9.17, 15) is 30.3 Å². The lowest BCUT2D eigenvalue weighted by Crippen LogP contribution is -2.60. The molecule has 1 amide bonds. The van der Waals surface area contributed by atoms with Crippen molar-refractivity contribution in [3.63, 3.8) is 0 Å². The third-order valence-corrected chi connectivity index (χ3v) is 8.00. The number of unbranched alkanes of at least 4 members (excludes halogenated alkanes) is 14. The molecule has 0 aromatic carbocycles. The Morgan fingerprint density at radius 3 is 1.98 bits per heavy atom. The summed E-state index contributed by atoms with van der Waals surface area (Å²) in [6.45, 7) is 3.63. The van der Waals surface area contributed by atoms with Crippen molar-refractivity contribution in [1.29, 1.82) is 0 Å². The SMILES string of the molecule is CCC/C=C\CCCCCCCC(=O)NC(COC1OC(CO)C(O)C(O)C1O)C(O)/C=C/CCCCCCCCCC. The maximum absolute atomic E-state index is 12.7. The van der Waals surface area contributed by atoms with Crippen LogP contribution < -0.4 is 5.32 Å². The Bertz CT molecular complexity index is 731. The summed E-state index contributed by atoms with van der Waals surface area (Å²) in [5.41, 5.74) is 0. The van der Waals surface area contributed by atoms with Crippen LogP contribution in [0, 0.1) is 0 Å². The van der Waals surface area contributed by atoms with E-state index in [0.29, 0.717) is 6.42 Å². The van der Waals surface area contributed by atoms with Crippen LogP contribution in [0.25, 0.3) is 0 Å². The van der Waals surface area contributed by atoms with E-state index in [1.165, 1.54) is 44.9 Å². The lowest BCUT2D eigenvalue weighted by molar-refractivity contribution is -0.302. The first kappa shape index (κ1) is 39.7. The number of aliphatic hydroxyl groups is 5. The minimum Gasteiger partial charge on any atom is -0.394 e. The predicted molar refractivity (Wildman–Crippen MR) is 170 cm³/mol. The first-order valence-electron chi connectivity index (χ1n) is 17.1. The zero-order valence-electron chi connectivity index (χ0n) is 27.0. The Hall–Kier alpha value is -1.33. The monoisotopic (exact) mass is 613 g/mol. The van der Waals surface area contributed by atoms with Crippen molar-refractivity contribution in [2.45, 2.75) is 172 Å². The van der Waals surface area contributed by atoms with Crippen molar-refractivity contribution < 1.29 is 39.8 Å². The quantitative estimate of drug-likeness (QED) is 0.0601. The molecule has 1 heterocycles. The molecule has 9 heteroatoms. The third-order valence-electron chi connectivity index (χ3n) is 8.00. The zero-order valence-corrected chi connectivity index (χ0v) is 27.0. The highest BCUT2D eigenvalue weighted by Gasteiger charge is 2.44. The second-order valence-corrected chi connectivity index (χ2v) is 12.0. The molecule has 0 radical (unpaired) electrons. The first-order chi connectivity index (χ1) is 20.8. The van der Waals surface area contributed by atoms with Crippen molar-refractivity contribution in [1.82, 2.24) is 5.32 Å². The molecule has 0 aliphatic carbocycles. The average molecular weight is 614 g/mol. The van der Waals surface area contributed by atoms with E-state index in [1.807, 2.05) is 6.08 Å². The molecule has 1 rings (SSSR count). The number of hydrogen-bond donors (Lipinski definition) is 6. The largest absolute Gasteiger partial charge is 0.394 e. The topological polar surface area (TPSA) is 149 Å². The van der Waals surface area contributed by atoms with E-state index in [0.717, 1.165) is 64.2 Å². The number of allylic oxidation sites excluding steroid dienone is 3. The molecule has 1 saturated heterocycles. The van der Waals surface area contributed by atoms with Gasteiger partial charge in [0.1, 0.15) is 24.4 Å². The second-order valence-electron chi connectivity index (χ2n) is 12.0. The molecule has 0 saturated carbocycles. The van der Waals surface area contributed by atoms with Gasteiger partial charge in [0.25, 0.3) is 0 Å². The fraction of sp³-hybridized carbons (Fsp3) is 0.853. The Labute approximate surface area is 260 Å². The van der Waals surface area contributed by atoms with Crippen LogP contribution in [0.2, 0.25) is 0 Å². The van der Waals surface area contributed by atoms with Gasteiger partial charge in [0.05, 0.1) is 25.4 Å². The highest BCUT2D eigenvalue weighted by molar-refractivity contribution is 5.76. The fourth-order valence-electron chi connectivity index (χ4n) is 5.15. The number of carbonyl (C=O) groups is 1. The molecule has 0 aromatic heterocycles. The maximum Gasteiger partial charge on any atom is 0.220 e. The molecule has 1 aliphatic rings. The van der Waals surface area contributed by atoms with Crippen molar-refractivity contribution in [3.05, 3.63) is 24.3 Å². The third kappa shape index (κ3) is 18.3. The highest BCUT2D eigenvalue weighted by atomic mass is 16.7. The lowest BCUT2D eigenvalue weighted by atomic mass is 9.99. The average Bonchev–Trinajstić information content (AvgIpc) is 3.00. The molecule has 7 atom stereocenters. The molecule has 9 nitrogen and oxygen atoms in total. The van der Waals surface area contributed by atoms with Gasteiger partial charge < -0.3 is 40.3 Å². The van der Waals surface area contributed by atoms with Gasteiger partial charge in [0, 0.05) is 6.42 Å². The summed E-state index contributed by atoms with van der Waals surface area (Å²) in [4.78, 5) is 12.7. The van der Waals surface area contributed by atoms with Crippen LogP contribution in [-0.4, -0.2) is 87.5 Å². The van der Waals surface area contributed by atoms with Crippen molar-refractivity contribution in [2.24, 2.45) is 0 Å². The molecule has 43 heavy (non-hydrogen) atoms. The Morgan fingerprint density at radius 1 is 0.767 bits per heavy atom. The van der Waals surface area contributed by atoms with Gasteiger partial charge in [-0.3, -0.25) is 4.79 Å². The minimum atomic E-state index is -1.56. The van der Waals surface area contributed by atoms with Crippen molar-refractivity contribution >= 4 is 5.91 Å². The van der Waals surface area contributed by atoms with E-state index >= 15 is 0 Å². The van der Waals surface area contributed by atoms with Crippen LogP contribution in [-0.2, 0) is 14.3 Å². The summed E-state index contributed by atoms with van der Waals surface area (Å²) < 4.78 is 11.1. The number of amides is 1. The van der Waals surface area contributed by atoms with Crippen LogP contribution in [0.4, 0.5) is 0 Å². The van der Waals surface area contributed by atoms with E-state index in [-0.39, 0.29) is 12.5 Å². The van der Waals surface area contributed by atoms with E-state index < -0.39 is 49.5 Å². The Kier molecular flexibility index (Phi) is 23.9. The molecule has 0 aromatic rings. The van der Waals surface area contributed by atoms with Gasteiger partial charge in [-0.25, -0.2) is 0 Å². The highest BCUT2D eigenvalue weighted by Crippen LogP contribution is 2.22. The van der Waals surface area contributed by atoms with Gasteiger partial charge in [0.2, 0.25) is 5.91 Å². The molecule has 0 spiro atoms.